The molecule has 7 nitrogen and oxygen atoms in total. The van der Waals surface area contributed by atoms with Crippen molar-refractivity contribution in [2.24, 2.45) is 0 Å². The quantitative estimate of drug-likeness (QED) is 0.794. The van der Waals surface area contributed by atoms with Crippen LogP contribution in [-0.2, 0) is 11.2 Å². The maximum atomic E-state index is 12.5. The number of hydrogen-bond acceptors (Lipinski definition) is 6. The molecule has 1 unspecified atom stereocenters. The molecule has 1 aliphatic heterocycles. The molecule has 1 fully saturated rings. The van der Waals surface area contributed by atoms with Crippen LogP contribution in [0, 0.1) is 0 Å². The van der Waals surface area contributed by atoms with E-state index in [2.05, 4.69) is 19.9 Å². The van der Waals surface area contributed by atoms with Crippen molar-refractivity contribution in [3.05, 3.63) is 42.5 Å². The molecule has 1 amide bonds. The van der Waals surface area contributed by atoms with E-state index in [1.807, 2.05) is 31.0 Å². The molecule has 132 valence electrons. The van der Waals surface area contributed by atoms with Crippen molar-refractivity contribution in [1.29, 1.82) is 0 Å². The van der Waals surface area contributed by atoms with Gasteiger partial charge in [0.05, 0.1) is 19.1 Å². The molecule has 1 saturated heterocycles. The summed E-state index contributed by atoms with van der Waals surface area (Å²) in [6, 6.07) is 3.93. The first kappa shape index (κ1) is 17.1. The van der Waals surface area contributed by atoms with Gasteiger partial charge in [-0.25, -0.2) is 9.97 Å². The molecule has 0 saturated carbocycles. The molecular weight excluding hydrogens is 318 g/mol. The van der Waals surface area contributed by atoms with Gasteiger partial charge in [-0.3, -0.25) is 9.78 Å². The van der Waals surface area contributed by atoms with Gasteiger partial charge < -0.3 is 14.5 Å². The van der Waals surface area contributed by atoms with Gasteiger partial charge in [0.1, 0.15) is 0 Å². The van der Waals surface area contributed by atoms with E-state index in [-0.39, 0.29) is 11.9 Å². The Hall–Kier alpha value is -2.70. The van der Waals surface area contributed by atoms with Crippen molar-refractivity contribution in [2.75, 3.05) is 31.6 Å². The van der Waals surface area contributed by atoms with Crippen LogP contribution in [0.25, 0.3) is 0 Å². The Morgan fingerprint density at radius 3 is 2.96 bits per heavy atom. The summed E-state index contributed by atoms with van der Waals surface area (Å²) in [6.45, 7) is 4.03. The predicted molar refractivity (Wildman–Crippen MR) is 94.5 cm³/mol. The number of rotatable bonds is 6. The first-order valence-electron chi connectivity index (χ1n) is 8.52. The van der Waals surface area contributed by atoms with Gasteiger partial charge in [0.25, 0.3) is 5.88 Å². The predicted octanol–water partition coefficient (Wildman–Crippen LogP) is 1.55. The van der Waals surface area contributed by atoms with Gasteiger partial charge in [-0.2, -0.15) is 0 Å². The Labute approximate surface area is 147 Å². The van der Waals surface area contributed by atoms with Crippen LogP contribution < -0.4 is 9.64 Å². The van der Waals surface area contributed by atoms with Crippen LogP contribution in [-0.4, -0.2) is 58.5 Å². The molecule has 0 aliphatic carbocycles. The number of carbonyl (C=O) groups excluding carboxylic acids is 1. The van der Waals surface area contributed by atoms with Gasteiger partial charge in [0.15, 0.2) is 5.82 Å². The van der Waals surface area contributed by atoms with Gasteiger partial charge in [0, 0.05) is 44.9 Å². The molecule has 0 aromatic carbocycles. The standard InChI is InChI=1S/C18H23N5O2/c1-3-25-18-17(20-8-9-21-18)23-10-6-15(13-23)22(2)16(24)11-14-5-4-7-19-12-14/h4-5,7-9,12,15H,3,6,10-11,13H2,1-2H3. The minimum atomic E-state index is 0.101. The van der Waals surface area contributed by atoms with Gasteiger partial charge in [-0.05, 0) is 25.0 Å². The van der Waals surface area contributed by atoms with Crippen LogP contribution in [0.3, 0.4) is 0 Å². The second-order valence-corrected chi connectivity index (χ2v) is 6.05. The highest BCUT2D eigenvalue weighted by molar-refractivity contribution is 5.79. The zero-order valence-electron chi connectivity index (χ0n) is 14.6. The lowest BCUT2D eigenvalue weighted by Crippen LogP contribution is -2.40. The summed E-state index contributed by atoms with van der Waals surface area (Å²) in [6.07, 6.45) is 8.02. The third kappa shape index (κ3) is 4.04. The van der Waals surface area contributed by atoms with Crippen molar-refractivity contribution in [2.45, 2.75) is 25.8 Å². The number of carbonyl (C=O) groups is 1. The van der Waals surface area contributed by atoms with E-state index in [1.165, 1.54) is 0 Å². The van der Waals surface area contributed by atoms with Crippen LogP contribution in [0.5, 0.6) is 5.88 Å². The lowest BCUT2D eigenvalue weighted by atomic mass is 10.1. The van der Waals surface area contributed by atoms with Crippen molar-refractivity contribution in [3.8, 4) is 5.88 Å². The second kappa shape index (κ2) is 7.92. The Balaban J connectivity index is 1.63. The summed E-state index contributed by atoms with van der Waals surface area (Å²) in [5, 5.41) is 0. The van der Waals surface area contributed by atoms with E-state index >= 15 is 0 Å². The zero-order valence-corrected chi connectivity index (χ0v) is 14.6. The number of hydrogen-bond donors (Lipinski definition) is 0. The number of likely N-dealkylation sites (N-methyl/N-ethyl adjacent to an activating group) is 1. The molecule has 1 atom stereocenters. The normalized spacial score (nSPS) is 16.7. The molecule has 3 heterocycles. The molecule has 25 heavy (non-hydrogen) atoms. The minimum absolute atomic E-state index is 0.101. The van der Waals surface area contributed by atoms with E-state index in [1.54, 1.807) is 24.8 Å². The average molecular weight is 341 g/mol. The minimum Gasteiger partial charge on any atom is -0.475 e. The Bertz CT molecular complexity index is 710. The summed E-state index contributed by atoms with van der Waals surface area (Å²) in [4.78, 5) is 29.2. The van der Waals surface area contributed by atoms with Crippen molar-refractivity contribution in [1.82, 2.24) is 19.9 Å². The molecule has 0 N–H and O–H groups in total. The topological polar surface area (TPSA) is 71.5 Å². The fourth-order valence-electron chi connectivity index (χ4n) is 3.03. The van der Waals surface area contributed by atoms with Crippen LogP contribution >= 0.6 is 0 Å². The van der Waals surface area contributed by atoms with E-state index in [0.717, 1.165) is 30.9 Å². The SMILES string of the molecule is CCOc1nccnc1N1CCC(N(C)C(=O)Cc2cccnc2)C1. The van der Waals surface area contributed by atoms with E-state index in [9.17, 15) is 4.79 Å². The van der Waals surface area contributed by atoms with Crippen LogP contribution in [0.2, 0.25) is 0 Å². The number of ether oxygens (including phenoxy) is 1. The lowest BCUT2D eigenvalue weighted by molar-refractivity contribution is -0.130. The highest BCUT2D eigenvalue weighted by Gasteiger charge is 2.30. The molecule has 0 radical (unpaired) electrons. The summed E-state index contributed by atoms with van der Waals surface area (Å²) < 4.78 is 5.57. The summed E-state index contributed by atoms with van der Waals surface area (Å²) >= 11 is 0. The van der Waals surface area contributed by atoms with Crippen molar-refractivity contribution >= 4 is 11.7 Å². The molecule has 7 heteroatoms. The Morgan fingerprint density at radius 2 is 2.20 bits per heavy atom. The summed E-state index contributed by atoms with van der Waals surface area (Å²) in [5.41, 5.74) is 0.932. The number of anilines is 1. The molecular formula is C18H23N5O2. The number of amides is 1. The van der Waals surface area contributed by atoms with Crippen LogP contribution in [0.1, 0.15) is 18.9 Å². The third-order valence-corrected chi connectivity index (χ3v) is 4.41. The van der Waals surface area contributed by atoms with Crippen LogP contribution in [0.4, 0.5) is 5.82 Å². The molecule has 0 bridgehead atoms. The summed E-state index contributed by atoms with van der Waals surface area (Å²) in [5.74, 6) is 1.40. The van der Waals surface area contributed by atoms with E-state index in [0.29, 0.717) is 18.9 Å². The van der Waals surface area contributed by atoms with Gasteiger partial charge in [-0.15, -0.1) is 0 Å². The first-order valence-corrected chi connectivity index (χ1v) is 8.52. The molecule has 1 aliphatic rings. The molecule has 3 rings (SSSR count). The molecule has 2 aromatic heterocycles. The van der Waals surface area contributed by atoms with E-state index < -0.39 is 0 Å². The zero-order chi connectivity index (χ0) is 17.6. The molecule has 0 spiro atoms. The Kier molecular flexibility index (Phi) is 5.42. The van der Waals surface area contributed by atoms with Crippen molar-refractivity contribution < 1.29 is 9.53 Å². The number of pyridine rings is 1. The monoisotopic (exact) mass is 341 g/mol. The lowest BCUT2D eigenvalue weighted by Gasteiger charge is -2.25. The van der Waals surface area contributed by atoms with E-state index in [4.69, 9.17) is 4.74 Å². The summed E-state index contributed by atoms with van der Waals surface area (Å²) in [7, 11) is 1.87. The Morgan fingerprint density at radius 1 is 1.36 bits per heavy atom. The average Bonchev–Trinajstić information content (AvgIpc) is 3.12. The second-order valence-electron chi connectivity index (χ2n) is 6.05. The molecule has 2 aromatic rings. The van der Waals surface area contributed by atoms with Gasteiger partial charge in [0.2, 0.25) is 5.91 Å². The third-order valence-electron chi connectivity index (χ3n) is 4.41. The van der Waals surface area contributed by atoms with Gasteiger partial charge >= 0.3 is 0 Å². The maximum absolute atomic E-state index is 12.5. The number of aromatic nitrogens is 3. The fraction of sp³-hybridized carbons (Fsp3) is 0.444. The number of nitrogens with zero attached hydrogens (tertiary/aromatic N) is 5. The van der Waals surface area contributed by atoms with Crippen molar-refractivity contribution in [3.63, 3.8) is 0 Å². The fourth-order valence-corrected chi connectivity index (χ4v) is 3.03. The highest BCUT2D eigenvalue weighted by Crippen LogP contribution is 2.27. The maximum Gasteiger partial charge on any atom is 0.257 e. The largest absolute Gasteiger partial charge is 0.475 e. The van der Waals surface area contributed by atoms with Crippen LogP contribution in [0.15, 0.2) is 36.9 Å². The smallest absolute Gasteiger partial charge is 0.257 e. The highest BCUT2D eigenvalue weighted by atomic mass is 16.5. The van der Waals surface area contributed by atoms with Gasteiger partial charge in [-0.1, -0.05) is 6.07 Å². The first-order chi connectivity index (χ1) is 12.2.